The molecule has 0 bridgehead atoms. The van der Waals surface area contributed by atoms with Crippen LogP contribution in [-0.4, -0.2) is 28.8 Å². The van der Waals surface area contributed by atoms with E-state index in [9.17, 15) is 4.79 Å². The molecule has 3 aromatic rings. The van der Waals surface area contributed by atoms with Gasteiger partial charge in [-0.15, -0.1) is 0 Å². The first kappa shape index (κ1) is 24.0. The number of aromatic nitrogens is 1. The van der Waals surface area contributed by atoms with E-state index in [2.05, 4.69) is 10.3 Å². The number of benzene rings is 2. The molecule has 1 aliphatic rings. The molecule has 1 aliphatic carbocycles. The maximum atomic E-state index is 13.1. The van der Waals surface area contributed by atoms with Crippen LogP contribution in [0.4, 0.5) is 5.82 Å². The molecule has 0 saturated heterocycles. The zero-order valence-corrected chi connectivity index (χ0v) is 19.4. The SMILES string of the molecule is N=C(N)c1ccc(Oc2cc(OCc3ccc(N)nc3)cc(C(=O)NC3CCC(N)CC3)c2)cc1. The molecule has 35 heavy (non-hydrogen) atoms. The second-order valence-electron chi connectivity index (χ2n) is 8.70. The van der Waals surface area contributed by atoms with Gasteiger partial charge in [0.05, 0.1) is 0 Å². The summed E-state index contributed by atoms with van der Waals surface area (Å²) in [6.45, 7) is 0.256. The standard InChI is InChI=1S/C26H30N6O3/c27-19-4-6-20(7-5-19)32-26(33)18-11-22(34-15-16-1-10-24(28)31-14-16)13-23(12-18)35-21-8-2-17(3-9-21)25(29)30/h1-3,8-14,19-20H,4-7,15,27H2,(H2,28,31)(H3,29,30)(H,32,33). The topological polar surface area (TPSA) is 162 Å². The quantitative estimate of drug-likeness (QED) is 0.247. The van der Waals surface area contributed by atoms with Crippen LogP contribution in [0.3, 0.4) is 0 Å². The Balaban J connectivity index is 1.53. The summed E-state index contributed by atoms with van der Waals surface area (Å²) in [5, 5.41) is 10.6. The summed E-state index contributed by atoms with van der Waals surface area (Å²) in [6, 6.07) is 15.8. The van der Waals surface area contributed by atoms with E-state index < -0.39 is 0 Å². The molecule has 8 N–H and O–H groups in total. The van der Waals surface area contributed by atoms with E-state index in [0.717, 1.165) is 31.2 Å². The number of amides is 1. The van der Waals surface area contributed by atoms with Gasteiger partial charge in [-0.25, -0.2) is 4.98 Å². The van der Waals surface area contributed by atoms with Gasteiger partial charge in [0.1, 0.15) is 35.5 Å². The molecular formula is C26H30N6O3. The molecule has 0 aliphatic heterocycles. The van der Waals surface area contributed by atoms with Crippen molar-refractivity contribution in [2.24, 2.45) is 11.5 Å². The normalized spacial score (nSPS) is 17.4. The van der Waals surface area contributed by atoms with Gasteiger partial charge >= 0.3 is 0 Å². The molecule has 0 unspecified atom stereocenters. The lowest BCUT2D eigenvalue weighted by Gasteiger charge is -2.26. The van der Waals surface area contributed by atoms with Gasteiger partial charge in [-0.3, -0.25) is 10.2 Å². The highest BCUT2D eigenvalue weighted by Gasteiger charge is 2.21. The maximum Gasteiger partial charge on any atom is 0.251 e. The lowest BCUT2D eigenvalue weighted by molar-refractivity contribution is 0.0925. The predicted octanol–water partition coefficient (Wildman–Crippen LogP) is 3.32. The van der Waals surface area contributed by atoms with E-state index in [1.165, 1.54) is 0 Å². The molecule has 9 nitrogen and oxygen atoms in total. The Bertz CT molecular complexity index is 1170. The highest BCUT2D eigenvalue weighted by Crippen LogP contribution is 2.29. The third kappa shape index (κ3) is 6.70. The van der Waals surface area contributed by atoms with Crippen LogP contribution in [0.5, 0.6) is 17.2 Å². The summed E-state index contributed by atoms with van der Waals surface area (Å²) < 4.78 is 12.0. The van der Waals surface area contributed by atoms with Crippen molar-refractivity contribution < 1.29 is 14.3 Å². The predicted molar refractivity (Wildman–Crippen MR) is 135 cm³/mol. The first-order chi connectivity index (χ1) is 16.9. The van der Waals surface area contributed by atoms with E-state index in [1.807, 2.05) is 6.07 Å². The number of nitrogens with one attached hydrogen (secondary N) is 2. The number of nitrogens with two attached hydrogens (primary N) is 3. The first-order valence-corrected chi connectivity index (χ1v) is 11.5. The average molecular weight is 475 g/mol. The number of hydrogen-bond donors (Lipinski definition) is 5. The number of hydrogen-bond acceptors (Lipinski definition) is 7. The largest absolute Gasteiger partial charge is 0.489 e. The number of anilines is 1. The highest BCUT2D eigenvalue weighted by atomic mass is 16.5. The van der Waals surface area contributed by atoms with Crippen molar-refractivity contribution in [3.63, 3.8) is 0 Å². The van der Waals surface area contributed by atoms with Crippen molar-refractivity contribution in [2.45, 2.75) is 44.4 Å². The number of nitrogens with zero attached hydrogens (tertiary/aromatic N) is 1. The Morgan fingerprint density at radius 1 is 0.971 bits per heavy atom. The van der Waals surface area contributed by atoms with Crippen LogP contribution in [0.1, 0.15) is 47.2 Å². The van der Waals surface area contributed by atoms with Gasteiger partial charge < -0.3 is 32.0 Å². The molecular weight excluding hydrogens is 444 g/mol. The first-order valence-electron chi connectivity index (χ1n) is 11.5. The van der Waals surface area contributed by atoms with Crippen LogP contribution in [0.15, 0.2) is 60.8 Å². The third-order valence-electron chi connectivity index (χ3n) is 5.90. The zero-order chi connectivity index (χ0) is 24.8. The van der Waals surface area contributed by atoms with E-state index in [1.54, 1.807) is 54.7 Å². The van der Waals surface area contributed by atoms with E-state index in [-0.39, 0.29) is 30.4 Å². The van der Waals surface area contributed by atoms with Crippen LogP contribution in [0.2, 0.25) is 0 Å². The highest BCUT2D eigenvalue weighted by molar-refractivity contribution is 5.95. The number of carbonyl (C=O) groups excluding carboxylic acids is 1. The van der Waals surface area contributed by atoms with E-state index in [0.29, 0.717) is 34.2 Å². The minimum atomic E-state index is -0.193. The maximum absolute atomic E-state index is 13.1. The second kappa shape index (κ2) is 10.9. The molecule has 1 amide bonds. The van der Waals surface area contributed by atoms with Gasteiger partial charge in [-0.1, -0.05) is 6.07 Å². The van der Waals surface area contributed by atoms with Gasteiger partial charge in [-0.05, 0) is 68.1 Å². The Morgan fingerprint density at radius 2 is 1.69 bits per heavy atom. The van der Waals surface area contributed by atoms with E-state index >= 15 is 0 Å². The summed E-state index contributed by atoms with van der Waals surface area (Å²) in [5.74, 6) is 1.69. The number of carbonyl (C=O) groups is 1. The molecule has 1 fully saturated rings. The van der Waals surface area contributed by atoms with Crippen molar-refractivity contribution in [3.8, 4) is 17.2 Å². The average Bonchev–Trinajstić information content (AvgIpc) is 2.85. The van der Waals surface area contributed by atoms with Gasteiger partial charge in [0.2, 0.25) is 0 Å². The van der Waals surface area contributed by atoms with Crippen LogP contribution in [0.25, 0.3) is 0 Å². The molecule has 4 rings (SSSR count). The van der Waals surface area contributed by atoms with Crippen LogP contribution >= 0.6 is 0 Å². The molecule has 1 saturated carbocycles. The smallest absolute Gasteiger partial charge is 0.251 e. The molecule has 0 radical (unpaired) electrons. The summed E-state index contributed by atoms with van der Waals surface area (Å²) in [6.07, 6.45) is 5.16. The fraction of sp³-hybridized carbons (Fsp3) is 0.269. The Labute approximate surface area is 204 Å². The van der Waals surface area contributed by atoms with Crippen molar-refractivity contribution in [1.82, 2.24) is 10.3 Å². The summed E-state index contributed by atoms with van der Waals surface area (Å²) in [5.41, 5.74) is 19.0. The second-order valence-corrected chi connectivity index (χ2v) is 8.70. The molecule has 1 heterocycles. The minimum Gasteiger partial charge on any atom is -0.489 e. The molecule has 0 spiro atoms. The van der Waals surface area contributed by atoms with Crippen molar-refractivity contribution in [3.05, 3.63) is 77.5 Å². The van der Waals surface area contributed by atoms with Crippen molar-refractivity contribution in [1.29, 1.82) is 5.41 Å². The molecule has 0 atom stereocenters. The number of amidine groups is 1. The number of nitrogen functional groups attached to an aromatic ring is 2. The van der Waals surface area contributed by atoms with E-state index in [4.69, 9.17) is 32.1 Å². The molecule has 9 heteroatoms. The number of pyridine rings is 1. The molecule has 182 valence electrons. The number of ether oxygens (including phenoxy) is 2. The molecule has 1 aromatic heterocycles. The summed E-state index contributed by atoms with van der Waals surface area (Å²) in [7, 11) is 0. The Morgan fingerprint density at radius 3 is 2.34 bits per heavy atom. The zero-order valence-electron chi connectivity index (χ0n) is 19.4. The van der Waals surface area contributed by atoms with Gasteiger partial charge in [0, 0.05) is 41.0 Å². The van der Waals surface area contributed by atoms with Crippen LogP contribution in [0, 0.1) is 5.41 Å². The fourth-order valence-corrected chi connectivity index (χ4v) is 3.90. The lowest BCUT2D eigenvalue weighted by Crippen LogP contribution is -2.40. The third-order valence-corrected chi connectivity index (χ3v) is 5.90. The number of rotatable bonds is 8. The summed E-state index contributed by atoms with van der Waals surface area (Å²) >= 11 is 0. The van der Waals surface area contributed by atoms with Crippen molar-refractivity contribution in [2.75, 3.05) is 5.73 Å². The molecule has 2 aromatic carbocycles. The van der Waals surface area contributed by atoms with Crippen molar-refractivity contribution >= 4 is 17.6 Å². The Kier molecular flexibility index (Phi) is 7.47. The monoisotopic (exact) mass is 474 g/mol. The van der Waals surface area contributed by atoms with Crippen LogP contribution < -0.4 is 32.0 Å². The minimum absolute atomic E-state index is 0.0215. The lowest BCUT2D eigenvalue weighted by atomic mass is 9.91. The van der Waals surface area contributed by atoms with Gasteiger partial charge in [-0.2, -0.15) is 0 Å². The fourth-order valence-electron chi connectivity index (χ4n) is 3.90. The van der Waals surface area contributed by atoms with Crippen LogP contribution in [-0.2, 0) is 6.61 Å². The Hall–Kier alpha value is -4.11. The van der Waals surface area contributed by atoms with Gasteiger partial charge in [0.25, 0.3) is 5.91 Å². The summed E-state index contributed by atoms with van der Waals surface area (Å²) in [4.78, 5) is 17.1. The van der Waals surface area contributed by atoms with Gasteiger partial charge in [0.15, 0.2) is 0 Å².